The van der Waals surface area contributed by atoms with Crippen molar-refractivity contribution in [3.05, 3.63) is 25.4 Å². The average molecular weight is 382 g/mol. The lowest BCUT2D eigenvalue weighted by molar-refractivity contribution is -0.132. The van der Waals surface area contributed by atoms with Crippen molar-refractivity contribution in [1.29, 1.82) is 0 Å². The van der Waals surface area contributed by atoms with Gasteiger partial charge >= 0.3 is 0 Å². The molecule has 98 valence electrons. The third kappa shape index (κ3) is 3.03. The fraction of sp³-hybridized carbons (Fsp3) is 0.545. The highest BCUT2D eigenvalue weighted by atomic mass is 127. The predicted molar refractivity (Wildman–Crippen MR) is 76.7 cm³/mol. The van der Waals surface area contributed by atoms with E-state index in [1.54, 1.807) is 4.90 Å². The highest BCUT2D eigenvalue weighted by Crippen LogP contribution is 2.11. The summed E-state index contributed by atoms with van der Waals surface area (Å²) in [6.07, 6.45) is 4.58. The van der Waals surface area contributed by atoms with Gasteiger partial charge in [-0.05, 0) is 41.9 Å². The average Bonchev–Trinajstić information content (AvgIpc) is 2.40. The molecule has 18 heavy (non-hydrogen) atoms. The Balaban J connectivity index is 2.12. The minimum atomic E-state index is -0.263. The maximum Gasteiger partial charge on any atom is 0.268 e. The van der Waals surface area contributed by atoms with Gasteiger partial charge in [0, 0.05) is 13.1 Å². The van der Waals surface area contributed by atoms with E-state index in [2.05, 4.69) is 4.98 Å². The summed E-state index contributed by atoms with van der Waals surface area (Å²) >= 11 is 7.59. The smallest absolute Gasteiger partial charge is 0.268 e. The molecule has 5 nitrogen and oxygen atoms in total. The highest BCUT2D eigenvalue weighted by molar-refractivity contribution is 14.1. The maximum atomic E-state index is 12.0. The molecule has 1 fully saturated rings. The third-order valence-corrected chi connectivity index (χ3v) is 4.53. The van der Waals surface area contributed by atoms with Gasteiger partial charge in [-0.15, -0.1) is 0 Å². The van der Waals surface area contributed by atoms with Crippen LogP contribution in [0.2, 0.25) is 5.15 Å². The van der Waals surface area contributed by atoms with Gasteiger partial charge in [-0.3, -0.25) is 14.2 Å². The van der Waals surface area contributed by atoms with Crippen molar-refractivity contribution in [1.82, 2.24) is 14.5 Å². The molecule has 1 aromatic rings. The van der Waals surface area contributed by atoms with Crippen molar-refractivity contribution >= 4 is 40.1 Å². The first-order valence-electron chi connectivity index (χ1n) is 5.78. The largest absolute Gasteiger partial charge is 0.341 e. The van der Waals surface area contributed by atoms with Gasteiger partial charge in [-0.1, -0.05) is 11.6 Å². The van der Waals surface area contributed by atoms with Gasteiger partial charge in [0.1, 0.15) is 15.3 Å². The molecule has 0 bridgehead atoms. The topological polar surface area (TPSA) is 55.2 Å². The summed E-state index contributed by atoms with van der Waals surface area (Å²) in [6, 6.07) is 0. The lowest BCUT2D eigenvalue weighted by Gasteiger charge is -2.26. The van der Waals surface area contributed by atoms with Crippen molar-refractivity contribution in [2.45, 2.75) is 25.8 Å². The first-order chi connectivity index (χ1) is 8.59. The number of hydrogen-bond acceptors (Lipinski definition) is 3. The molecule has 1 saturated heterocycles. The summed E-state index contributed by atoms with van der Waals surface area (Å²) in [5.41, 5.74) is -0.263. The molecule has 1 aromatic heterocycles. The first-order valence-corrected chi connectivity index (χ1v) is 7.23. The van der Waals surface area contributed by atoms with Crippen LogP contribution in [0.1, 0.15) is 19.3 Å². The van der Waals surface area contributed by atoms with Crippen molar-refractivity contribution in [3.63, 3.8) is 0 Å². The highest BCUT2D eigenvalue weighted by Gasteiger charge is 2.18. The fourth-order valence-electron chi connectivity index (χ4n) is 1.95. The Morgan fingerprint density at radius 1 is 1.39 bits per heavy atom. The maximum absolute atomic E-state index is 12.0. The number of likely N-dealkylation sites (tertiary alicyclic amines) is 1. The zero-order chi connectivity index (χ0) is 13.1. The predicted octanol–water partition coefficient (Wildman–Crippen LogP) is 1.51. The van der Waals surface area contributed by atoms with Crippen LogP contribution in [-0.2, 0) is 11.3 Å². The van der Waals surface area contributed by atoms with Crippen LogP contribution in [0.25, 0.3) is 0 Å². The zero-order valence-corrected chi connectivity index (χ0v) is 12.6. The Hall–Kier alpha value is -0.630. The summed E-state index contributed by atoms with van der Waals surface area (Å²) < 4.78 is 1.66. The van der Waals surface area contributed by atoms with E-state index in [-0.39, 0.29) is 23.2 Å². The molecule has 0 N–H and O–H groups in total. The summed E-state index contributed by atoms with van der Waals surface area (Å²) in [5, 5.41) is 0.183. The van der Waals surface area contributed by atoms with E-state index in [1.807, 2.05) is 22.6 Å². The fourth-order valence-corrected chi connectivity index (χ4v) is 2.52. The Morgan fingerprint density at radius 2 is 2.06 bits per heavy atom. The van der Waals surface area contributed by atoms with Crippen molar-refractivity contribution < 1.29 is 4.79 Å². The molecule has 0 saturated carbocycles. The van der Waals surface area contributed by atoms with Crippen LogP contribution in [0.15, 0.2) is 11.1 Å². The van der Waals surface area contributed by atoms with Gasteiger partial charge < -0.3 is 4.90 Å². The van der Waals surface area contributed by atoms with Gasteiger partial charge in [0.25, 0.3) is 5.56 Å². The molecular formula is C11H13ClIN3O2. The van der Waals surface area contributed by atoms with Gasteiger partial charge in [0.2, 0.25) is 5.91 Å². The normalized spacial score (nSPS) is 15.8. The number of amides is 1. The van der Waals surface area contributed by atoms with Crippen LogP contribution in [0, 0.1) is 3.57 Å². The number of halogens is 2. The molecular weight excluding hydrogens is 368 g/mol. The molecule has 0 aliphatic carbocycles. The summed E-state index contributed by atoms with van der Waals surface area (Å²) in [6.45, 7) is 1.61. The molecule has 7 heteroatoms. The number of carbonyl (C=O) groups is 1. The second-order valence-electron chi connectivity index (χ2n) is 4.22. The molecule has 0 radical (unpaired) electrons. The number of rotatable bonds is 2. The Labute approximate surface area is 123 Å². The molecule has 0 spiro atoms. The summed E-state index contributed by atoms with van der Waals surface area (Å²) in [5.74, 6) is -0.0308. The molecule has 1 amide bonds. The number of nitrogens with zero attached hydrogens (tertiary/aromatic N) is 3. The Bertz CT molecular complexity index is 512. The van der Waals surface area contributed by atoms with Crippen LogP contribution >= 0.6 is 34.2 Å². The Morgan fingerprint density at radius 3 is 2.72 bits per heavy atom. The molecule has 0 unspecified atom stereocenters. The second kappa shape index (κ2) is 6.01. The van der Waals surface area contributed by atoms with E-state index in [4.69, 9.17) is 11.6 Å². The van der Waals surface area contributed by atoms with E-state index < -0.39 is 0 Å². The van der Waals surface area contributed by atoms with Crippen LogP contribution in [0.4, 0.5) is 0 Å². The minimum Gasteiger partial charge on any atom is -0.341 e. The lowest BCUT2D eigenvalue weighted by atomic mass is 10.1. The summed E-state index contributed by atoms with van der Waals surface area (Å²) in [4.78, 5) is 29.6. The van der Waals surface area contributed by atoms with E-state index >= 15 is 0 Å². The van der Waals surface area contributed by atoms with Crippen LogP contribution < -0.4 is 5.56 Å². The van der Waals surface area contributed by atoms with Gasteiger partial charge in [-0.25, -0.2) is 4.98 Å². The number of piperidine rings is 1. The van der Waals surface area contributed by atoms with Gasteiger partial charge in [0.15, 0.2) is 0 Å². The van der Waals surface area contributed by atoms with Gasteiger partial charge in [-0.2, -0.15) is 0 Å². The monoisotopic (exact) mass is 381 g/mol. The zero-order valence-electron chi connectivity index (χ0n) is 9.73. The van der Waals surface area contributed by atoms with Crippen LogP contribution in [-0.4, -0.2) is 33.4 Å². The van der Waals surface area contributed by atoms with Crippen molar-refractivity contribution in [3.8, 4) is 0 Å². The number of aromatic nitrogens is 2. The first kappa shape index (κ1) is 13.8. The van der Waals surface area contributed by atoms with Gasteiger partial charge in [0.05, 0.1) is 6.33 Å². The van der Waals surface area contributed by atoms with Crippen molar-refractivity contribution in [2.24, 2.45) is 0 Å². The third-order valence-electron chi connectivity index (χ3n) is 2.95. The van der Waals surface area contributed by atoms with E-state index in [0.29, 0.717) is 3.57 Å². The number of carbonyl (C=O) groups excluding carboxylic acids is 1. The number of hydrogen-bond donors (Lipinski definition) is 0. The molecule has 0 atom stereocenters. The van der Waals surface area contributed by atoms with E-state index in [1.165, 1.54) is 17.3 Å². The Kier molecular flexibility index (Phi) is 4.60. The molecule has 0 aromatic carbocycles. The lowest BCUT2D eigenvalue weighted by Crippen LogP contribution is -2.40. The quantitative estimate of drug-likeness (QED) is 0.576. The molecule has 2 heterocycles. The summed E-state index contributed by atoms with van der Waals surface area (Å²) in [7, 11) is 0. The standard InChI is InChI=1S/C11H13ClIN3O2/c12-10-9(13)11(18)16(7-14-10)6-8(17)15-4-2-1-3-5-15/h7H,1-6H2. The van der Waals surface area contributed by atoms with Crippen LogP contribution in [0.5, 0.6) is 0 Å². The molecule has 2 rings (SSSR count). The minimum absolute atomic E-state index is 0.0308. The van der Waals surface area contributed by atoms with E-state index in [0.717, 1.165) is 25.9 Å². The van der Waals surface area contributed by atoms with E-state index in [9.17, 15) is 9.59 Å². The van der Waals surface area contributed by atoms with Crippen LogP contribution in [0.3, 0.4) is 0 Å². The van der Waals surface area contributed by atoms with Crippen molar-refractivity contribution in [2.75, 3.05) is 13.1 Å². The SMILES string of the molecule is O=C(Cn1cnc(Cl)c(I)c1=O)N1CCCCC1. The second-order valence-corrected chi connectivity index (χ2v) is 5.66. The molecule has 1 aliphatic rings. The molecule has 1 aliphatic heterocycles.